The molecule has 1 aliphatic heterocycles. The van der Waals surface area contributed by atoms with Crippen molar-refractivity contribution in [2.24, 2.45) is 5.41 Å². The van der Waals surface area contributed by atoms with E-state index >= 15 is 0 Å². The Bertz CT molecular complexity index is 585. The lowest BCUT2D eigenvalue weighted by Gasteiger charge is -2.35. The summed E-state index contributed by atoms with van der Waals surface area (Å²) >= 11 is 5.95. The smallest absolute Gasteiger partial charge is 0.258 e. The van der Waals surface area contributed by atoms with E-state index in [1.807, 2.05) is 25.7 Å². The first-order chi connectivity index (χ1) is 10.7. The van der Waals surface area contributed by atoms with Crippen LogP contribution in [0.4, 0.5) is 4.39 Å². The third-order valence-corrected chi connectivity index (χ3v) is 4.35. The number of hydrogen-bond acceptors (Lipinski definition) is 3. The van der Waals surface area contributed by atoms with E-state index in [1.54, 1.807) is 4.90 Å². The zero-order chi connectivity index (χ0) is 17.2. The molecule has 0 saturated carbocycles. The highest BCUT2D eigenvalue weighted by Gasteiger charge is 2.28. The second kappa shape index (κ2) is 6.97. The number of hydrogen-bond donors (Lipinski definition) is 0. The van der Waals surface area contributed by atoms with Crippen molar-refractivity contribution in [2.75, 3.05) is 32.7 Å². The van der Waals surface area contributed by atoms with Gasteiger partial charge in [-0.25, -0.2) is 4.39 Å². The standard InChI is InChI=1S/C17H22ClFN2O2/c1-17(2,3)14(22)11-20-7-9-21(10-8-20)16(23)15-12(18)5-4-6-13(15)19/h4-6H,7-11H2,1-3H3. The molecule has 0 atom stereocenters. The van der Waals surface area contributed by atoms with Gasteiger partial charge in [-0.1, -0.05) is 38.4 Å². The van der Waals surface area contributed by atoms with Gasteiger partial charge in [0.05, 0.1) is 17.1 Å². The van der Waals surface area contributed by atoms with Gasteiger partial charge < -0.3 is 4.90 Å². The van der Waals surface area contributed by atoms with E-state index in [0.717, 1.165) is 0 Å². The highest BCUT2D eigenvalue weighted by atomic mass is 35.5. The van der Waals surface area contributed by atoms with Crippen LogP contribution >= 0.6 is 11.6 Å². The minimum absolute atomic E-state index is 0.0756. The van der Waals surface area contributed by atoms with Crippen molar-refractivity contribution >= 4 is 23.3 Å². The van der Waals surface area contributed by atoms with E-state index in [1.165, 1.54) is 18.2 Å². The Balaban J connectivity index is 1.97. The number of halogens is 2. The molecule has 0 N–H and O–H groups in total. The van der Waals surface area contributed by atoms with Gasteiger partial charge in [0, 0.05) is 31.6 Å². The van der Waals surface area contributed by atoms with Crippen molar-refractivity contribution in [1.82, 2.24) is 9.80 Å². The van der Waals surface area contributed by atoms with Crippen molar-refractivity contribution in [1.29, 1.82) is 0 Å². The zero-order valence-electron chi connectivity index (χ0n) is 13.7. The minimum Gasteiger partial charge on any atom is -0.336 e. The molecule has 0 spiro atoms. The summed E-state index contributed by atoms with van der Waals surface area (Å²) in [6.45, 7) is 8.19. The molecule has 0 unspecified atom stereocenters. The van der Waals surface area contributed by atoms with E-state index in [9.17, 15) is 14.0 Å². The first-order valence-corrected chi connectivity index (χ1v) is 8.07. The normalized spacial score (nSPS) is 16.5. The van der Waals surface area contributed by atoms with E-state index < -0.39 is 11.7 Å². The number of benzene rings is 1. The second-order valence-electron chi connectivity index (χ2n) is 6.84. The third-order valence-electron chi connectivity index (χ3n) is 4.04. The maximum atomic E-state index is 13.8. The van der Waals surface area contributed by atoms with E-state index in [0.29, 0.717) is 32.7 Å². The van der Waals surface area contributed by atoms with E-state index in [2.05, 4.69) is 0 Å². The number of rotatable bonds is 3. The van der Waals surface area contributed by atoms with Gasteiger partial charge in [0.25, 0.3) is 5.91 Å². The summed E-state index contributed by atoms with van der Waals surface area (Å²) in [4.78, 5) is 28.1. The van der Waals surface area contributed by atoms with Crippen molar-refractivity contribution in [3.63, 3.8) is 0 Å². The molecule has 6 heteroatoms. The number of carbonyl (C=O) groups is 2. The predicted octanol–water partition coefficient (Wildman–Crippen LogP) is 2.85. The first kappa shape index (κ1) is 17.9. The first-order valence-electron chi connectivity index (χ1n) is 7.69. The topological polar surface area (TPSA) is 40.6 Å². The van der Waals surface area contributed by atoms with Crippen LogP contribution in [0.2, 0.25) is 5.02 Å². The molecule has 1 aliphatic rings. The summed E-state index contributed by atoms with van der Waals surface area (Å²) in [6.07, 6.45) is 0. The summed E-state index contributed by atoms with van der Waals surface area (Å²) in [6, 6.07) is 4.22. The Hall–Kier alpha value is -1.46. The van der Waals surface area contributed by atoms with Gasteiger partial charge in [0.2, 0.25) is 0 Å². The van der Waals surface area contributed by atoms with Gasteiger partial charge in [-0.05, 0) is 12.1 Å². The highest BCUT2D eigenvalue weighted by molar-refractivity contribution is 6.33. The Kier molecular flexibility index (Phi) is 5.42. The number of Topliss-reactive ketones (excluding diaryl/α,β-unsaturated/α-hetero) is 1. The fourth-order valence-corrected chi connectivity index (χ4v) is 2.65. The Morgan fingerprint density at radius 3 is 2.30 bits per heavy atom. The van der Waals surface area contributed by atoms with Gasteiger partial charge in [-0.2, -0.15) is 0 Å². The molecule has 0 radical (unpaired) electrons. The summed E-state index contributed by atoms with van der Waals surface area (Å²) in [5.41, 5.74) is -0.443. The van der Waals surface area contributed by atoms with Crippen LogP contribution in [-0.2, 0) is 4.79 Å². The molecule has 1 aromatic carbocycles. The molecule has 0 bridgehead atoms. The number of piperazine rings is 1. The van der Waals surface area contributed by atoms with Crippen LogP contribution in [0.3, 0.4) is 0 Å². The molecule has 1 amide bonds. The van der Waals surface area contributed by atoms with E-state index in [4.69, 9.17) is 11.6 Å². The van der Waals surface area contributed by atoms with Gasteiger partial charge in [-0.15, -0.1) is 0 Å². The van der Waals surface area contributed by atoms with Gasteiger partial charge in [0.1, 0.15) is 5.82 Å². The molecular weight excluding hydrogens is 319 g/mol. The Labute approximate surface area is 141 Å². The van der Waals surface area contributed by atoms with Crippen LogP contribution in [0.1, 0.15) is 31.1 Å². The zero-order valence-corrected chi connectivity index (χ0v) is 14.5. The molecule has 0 aliphatic carbocycles. The molecule has 1 aromatic rings. The number of amides is 1. The van der Waals surface area contributed by atoms with Crippen LogP contribution in [-0.4, -0.2) is 54.2 Å². The Morgan fingerprint density at radius 2 is 1.78 bits per heavy atom. The Morgan fingerprint density at radius 1 is 1.17 bits per heavy atom. The largest absolute Gasteiger partial charge is 0.336 e. The highest BCUT2D eigenvalue weighted by Crippen LogP contribution is 2.22. The van der Waals surface area contributed by atoms with Crippen molar-refractivity contribution in [3.05, 3.63) is 34.6 Å². The average molecular weight is 341 g/mol. The molecule has 1 heterocycles. The van der Waals surface area contributed by atoms with Crippen molar-refractivity contribution < 1.29 is 14.0 Å². The van der Waals surface area contributed by atoms with E-state index in [-0.39, 0.29) is 21.8 Å². The maximum absolute atomic E-state index is 13.8. The molecule has 23 heavy (non-hydrogen) atoms. The summed E-state index contributed by atoms with van der Waals surface area (Å²) in [7, 11) is 0. The fourth-order valence-electron chi connectivity index (χ4n) is 2.41. The van der Waals surface area contributed by atoms with Crippen LogP contribution in [0.5, 0.6) is 0 Å². The van der Waals surface area contributed by atoms with Crippen LogP contribution in [0.25, 0.3) is 0 Å². The van der Waals surface area contributed by atoms with Gasteiger partial charge in [0.15, 0.2) is 5.78 Å². The summed E-state index contributed by atoms with van der Waals surface area (Å²) in [5, 5.41) is 0.125. The molecule has 2 rings (SSSR count). The summed E-state index contributed by atoms with van der Waals surface area (Å²) < 4.78 is 13.8. The molecule has 0 aromatic heterocycles. The van der Waals surface area contributed by atoms with Gasteiger partial charge in [-0.3, -0.25) is 14.5 Å². The van der Waals surface area contributed by atoms with Crippen LogP contribution in [0.15, 0.2) is 18.2 Å². The number of nitrogens with zero attached hydrogens (tertiary/aromatic N) is 2. The molecule has 126 valence electrons. The lowest BCUT2D eigenvalue weighted by atomic mass is 9.90. The summed E-state index contributed by atoms with van der Waals surface area (Å²) in [5.74, 6) is -0.822. The van der Waals surface area contributed by atoms with Gasteiger partial charge >= 0.3 is 0 Å². The van der Waals surface area contributed by atoms with Crippen LogP contribution < -0.4 is 0 Å². The lowest BCUT2D eigenvalue weighted by molar-refractivity contribution is -0.127. The predicted molar refractivity (Wildman–Crippen MR) is 88.2 cm³/mol. The quantitative estimate of drug-likeness (QED) is 0.849. The molecule has 1 saturated heterocycles. The fraction of sp³-hybridized carbons (Fsp3) is 0.529. The SMILES string of the molecule is CC(C)(C)C(=O)CN1CCN(C(=O)c2c(F)cccc2Cl)CC1. The number of ketones is 1. The van der Waals surface area contributed by atoms with Crippen LogP contribution in [0, 0.1) is 11.2 Å². The molecule has 4 nitrogen and oxygen atoms in total. The van der Waals surface area contributed by atoms with Crippen molar-refractivity contribution in [2.45, 2.75) is 20.8 Å². The molecule has 1 fully saturated rings. The molecular formula is C17H22ClFN2O2. The minimum atomic E-state index is -0.604. The lowest BCUT2D eigenvalue weighted by Crippen LogP contribution is -2.51. The monoisotopic (exact) mass is 340 g/mol. The maximum Gasteiger partial charge on any atom is 0.258 e. The third kappa shape index (κ3) is 4.30. The number of carbonyl (C=O) groups excluding carboxylic acids is 2. The van der Waals surface area contributed by atoms with Crippen molar-refractivity contribution in [3.8, 4) is 0 Å². The average Bonchev–Trinajstić information content (AvgIpc) is 2.46. The second-order valence-corrected chi connectivity index (χ2v) is 7.25.